The number of nitrogens with zero attached hydrogens (tertiary/aromatic N) is 4. The number of benzene rings is 1. The van der Waals surface area contributed by atoms with Crippen LogP contribution < -0.4 is 0 Å². The van der Waals surface area contributed by atoms with Crippen LogP contribution in [0.5, 0.6) is 0 Å². The molecule has 0 atom stereocenters. The second-order valence-corrected chi connectivity index (χ2v) is 9.66. The van der Waals surface area contributed by atoms with E-state index in [0.29, 0.717) is 35.8 Å². The summed E-state index contributed by atoms with van der Waals surface area (Å²) in [4.78, 5) is 34.2. The molecule has 2 amide bonds. The number of hydrogen-bond acceptors (Lipinski definition) is 4. The van der Waals surface area contributed by atoms with Gasteiger partial charge in [0, 0.05) is 68.5 Å². The number of amides is 2. The molecule has 0 aromatic heterocycles. The molecule has 6 nitrogen and oxygen atoms in total. The van der Waals surface area contributed by atoms with Crippen molar-refractivity contribution in [3.05, 3.63) is 34.3 Å². The van der Waals surface area contributed by atoms with Crippen molar-refractivity contribution in [1.29, 1.82) is 0 Å². The summed E-state index contributed by atoms with van der Waals surface area (Å²) in [5, 5.41) is 0.622. The van der Waals surface area contributed by atoms with Gasteiger partial charge in [-0.3, -0.25) is 19.4 Å². The van der Waals surface area contributed by atoms with Crippen molar-refractivity contribution in [2.24, 2.45) is 0 Å². The van der Waals surface area contributed by atoms with Gasteiger partial charge >= 0.3 is 0 Å². The Balaban J connectivity index is 1.22. The standard InChI is InChI=1S/C23H33ClN4O2/c1-18-4-5-19(16-20(18)24)22(30)27-10-8-25(9-11-27)17-21(29)26-12-14-28(15-13-26)23(2)6-3-7-23/h4-5,16H,3,6-15,17H2,1-2H3. The fourth-order valence-corrected chi connectivity index (χ4v) is 4.99. The summed E-state index contributed by atoms with van der Waals surface area (Å²) in [5.74, 6) is 0.238. The zero-order valence-electron chi connectivity index (χ0n) is 18.2. The molecule has 0 N–H and O–H groups in total. The number of halogens is 1. The Morgan fingerprint density at radius 2 is 1.60 bits per heavy atom. The third kappa shape index (κ3) is 4.51. The van der Waals surface area contributed by atoms with E-state index in [4.69, 9.17) is 11.6 Å². The van der Waals surface area contributed by atoms with Crippen LogP contribution in [-0.2, 0) is 4.79 Å². The van der Waals surface area contributed by atoms with Gasteiger partial charge in [0.2, 0.25) is 5.91 Å². The molecule has 2 aliphatic heterocycles. The minimum atomic E-state index is 0.0171. The minimum absolute atomic E-state index is 0.0171. The summed E-state index contributed by atoms with van der Waals surface area (Å²) >= 11 is 6.17. The first-order valence-corrected chi connectivity index (χ1v) is 11.5. The normalized spacial score (nSPS) is 22.6. The third-order valence-corrected chi connectivity index (χ3v) is 7.67. The lowest BCUT2D eigenvalue weighted by Gasteiger charge is -2.51. The molecule has 2 heterocycles. The van der Waals surface area contributed by atoms with Crippen LogP contribution in [0.1, 0.15) is 42.1 Å². The molecule has 3 fully saturated rings. The summed E-state index contributed by atoms with van der Waals surface area (Å²) in [6, 6.07) is 5.47. The lowest BCUT2D eigenvalue weighted by molar-refractivity contribution is -0.136. The quantitative estimate of drug-likeness (QED) is 0.733. The SMILES string of the molecule is Cc1ccc(C(=O)N2CCN(CC(=O)N3CCN(C4(C)CCC4)CC3)CC2)cc1Cl. The Morgan fingerprint density at radius 1 is 0.967 bits per heavy atom. The van der Waals surface area contributed by atoms with Crippen molar-refractivity contribution >= 4 is 23.4 Å². The average molecular weight is 433 g/mol. The fraction of sp³-hybridized carbons (Fsp3) is 0.652. The van der Waals surface area contributed by atoms with Crippen LogP contribution in [0.3, 0.4) is 0 Å². The maximum Gasteiger partial charge on any atom is 0.253 e. The Labute approximate surface area is 184 Å². The topological polar surface area (TPSA) is 47.1 Å². The highest BCUT2D eigenvalue weighted by Gasteiger charge is 2.39. The van der Waals surface area contributed by atoms with E-state index in [2.05, 4.69) is 16.7 Å². The van der Waals surface area contributed by atoms with Gasteiger partial charge < -0.3 is 9.80 Å². The average Bonchev–Trinajstić information content (AvgIpc) is 2.74. The minimum Gasteiger partial charge on any atom is -0.339 e. The molecular formula is C23H33ClN4O2. The molecule has 7 heteroatoms. The van der Waals surface area contributed by atoms with Crippen LogP contribution in [0.25, 0.3) is 0 Å². The van der Waals surface area contributed by atoms with Gasteiger partial charge in [-0.05, 0) is 50.8 Å². The van der Waals surface area contributed by atoms with E-state index in [-0.39, 0.29) is 11.8 Å². The van der Waals surface area contributed by atoms with Crippen LogP contribution in [0, 0.1) is 6.92 Å². The summed E-state index contributed by atoms with van der Waals surface area (Å²) in [6.07, 6.45) is 3.92. The number of carbonyl (C=O) groups excluding carboxylic acids is 2. The lowest BCUT2D eigenvalue weighted by atomic mass is 9.76. The van der Waals surface area contributed by atoms with Gasteiger partial charge in [-0.1, -0.05) is 17.7 Å². The zero-order valence-corrected chi connectivity index (χ0v) is 19.0. The number of aryl methyl sites for hydroxylation is 1. The van der Waals surface area contributed by atoms with Crippen LogP contribution >= 0.6 is 11.6 Å². The first-order valence-electron chi connectivity index (χ1n) is 11.2. The Kier molecular flexibility index (Phi) is 6.37. The highest BCUT2D eigenvalue weighted by atomic mass is 35.5. The van der Waals surface area contributed by atoms with E-state index in [1.54, 1.807) is 6.07 Å². The highest BCUT2D eigenvalue weighted by Crippen LogP contribution is 2.37. The summed E-state index contributed by atoms with van der Waals surface area (Å²) in [7, 11) is 0. The number of piperazine rings is 2. The monoisotopic (exact) mass is 432 g/mol. The molecule has 3 aliphatic rings. The molecule has 0 spiro atoms. The van der Waals surface area contributed by atoms with Gasteiger partial charge in [-0.2, -0.15) is 0 Å². The predicted octanol–water partition coefficient (Wildman–Crippen LogP) is 2.49. The summed E-state index contributed by atoms with van der Waals surface area (Å²) in [6.45, 7) is 11.1. The molecule has 2 saturated heterocycles. The Hall–Kier alpha value is -1.63. The van der Waals surface area contributed by atoms with E-state index in [0.717, 1.165) is 44.8 Å². The van der Waals surface area contributed by atoms with Crippen LogP contribution in [0.2, 0.25) is 5.02 Å². The van der Waals surface area contributed by atoms with E-state index < -0.39 is 0 Å². The first-order chi connectivity index (χ1) is 14.4. The number of hydrogen-bond donors (Lipinski definition) is 0. The summed E-state index contributed by atoms with van der Waals surface area (Å²) < 4.78 is 0. The van der Waals surface area contributed by atoms with Crippen molar-refractivity contribution in [3.63, 3.8) is 0 Å². The van der Waals surface area contributed by atoms with Crippen molar-refractivity contribution in [2.75, 3.05) is 58.9 Å². The Bertz CT molecular complexity index is 794. The maximum absolute atomic E-state index is 12.8. The molecular weight excluding hydrogens is 400 g/mol. The van der Waals surface area contributed by atoms with E-state index in [9.17, 15) is 9.59 Å². The molecule has 1 saturated carbocycles. The molecule has 1 aliphatic carbocycles. The van der Waals surface area contributed by atoms with Crippen molar-refractivity contribution < 1.29 is 9.59 Å². The number of rotatable bonds is 4. The zero-order chi connectivity index (χ0) is 21.3. The fourth-order valence-electron chi connectivity index (χ4n) is 4.81. The van der Waals surface area contributed by atoms with Crippen molar-refractivity contribution in [3.8, 4) is 0 Å². The van der Waals surface area contributed by atoms with Gasteiger partial charge in [-0.25, -0.2) is 0 Å². The van der Waals surface area contributed by atoms with Gasteiger partial charge in [0.05, 0.1) is 6.54 Å². The van der Waals surface area contributed by atoms with Gasteiger partial charge in [0.25, 0.3) is 5.91 Å². The van der Waals surface area contributed by atoms with E-state index in [1.165, 1.54) is 19.3 Å². The van der Waals surface area contributed by atoms with E-state index >= 15 is 0 Å². The van der Waals surface area contributed by atoms with E-state index in [1.807, 2.05) is 28.9 Å². The molecule has 0 radical (unpaired) electrons. The number of carbonyl (C=O) groups is 2. The van der Waals surface area contributed by atoms with Crippen molar-refractivity contribution in [1.82, 2.24) is 19.6 Å². The van der Waals surface area contributed by atoms with Gasteiger partial charge in [-0.15, -0.1) is 0 Å². The van der Waals surface area contributed by atoms with Crippen LogP contribution in [0.4, 0.5) is 0 Å². The maximum atomic E-state index is 12.8. The molecule has 164 valence electrons. The molecule has 4 rings (SSSR count). The van der Waals surface area contributed by atoms with Crippen molar-refractivity contribution in [2.45, 2.75) is 38.6 Å². The molecule has 0 unspecified atom stereocenters. The van der Waals surface area contributed by atoms with Crippen LogP contribution in [0.15, 0.2) is 18.2 Å². The largest absolute Gasteiger partial charge is 0.339 e. The third-order valence-electron chi connectivity index (χ3n) is 7.26. The predicted molar refractivity (Wildman–Crippen MR) is 119 cm³/mol. The highest BCUT2D eigenvalue weighted by molar-refractivity contribution is 6.31. The molecule has 1 aromatic rings. The van der Waals surface area contributed by atoms with Gasteiger partial charge in [0.1, 0.15) is 0 Å². The second-order valence-electron chi connectivity index (χ2n) is 9.25. The molecule has 1 aromatic carbocycles. The van der Waals surface area contributed by atoms with Crippen LogP contribution in [-0.4, -0.2) is 95.9 Å². The van der Waals surface area contributed by atoms with Gasteiger partial charge in [0.15, 0.2) is 0 Å². The lowest BCUT2D eigenvalue weighted by Crippen LogP contribution is -2.60. The molecule has 30 heavy (non-hydrogen) atoms. The molecule has 0 bridgehead atoms. The smallest absolute Gasteiger partial charge is 0.253 e. The summed E-state index contributed by atoms with van der Waals surface area (Å²) in [5.41, 5.74) is 1.98. The second kappa shape index (κ2) is 8.85. The first kappa shape index (κ1) is 21.6. The Morgan fingerprint density at radius 3 is 2.17 bits per heavy atom.